The molecule has 0 bridgehead atoms. The average molecular weight is 535 g/mol. The number of rotatable bonds is 0. The van der Waals surface area contributed by atoms with Gasteiger partial charge in [0, 0.05) is 23.3 Å². The second-order valence-corrected chi connectivity index (χ2v) is 14.9. The van der Waals surface area contributed by atoms with Crippen LogP contribution in [0.3, 0.4) is 0 Å². The molecule has 7 aliphatic rings. The first kappa shape index (κ1) is 18.3. The first-order chi connectivity index (χ1) is 20.8. The highest BCUT2D eigenvalue weighted by atomic mass is 19.2. The average Bonchev–Trinajstić information content (AvgIpc) is 3.82. The van der Waals surface area contributed by atoms with E-state index < -0.39 is 12.3 Å². The zero-order chi connectivity index (χ0) is 26.1. The lowest BCUT2D eigenvalue weighted by atomic mass is 9.65. The lowest BCUT2D eigenvalue weighted by Crippen LogP contribution is -2.33. The molecular weight excluding hydrogens is 518 g/mol. The van der Waals surface area contributed by atoms with Crippen LogP contribution < -0.4 is 10.4 Å². The predicted molar refractivity (Wildman–Crippen MR) is 166 cm³/mol. The van der Waals surface area contributed by atoms with Crippen molar-refractivity contribution in [2.45, 2.75) is 24.2 Å². The fraction of sp³-hybridized carbons (Fsp3) is 0.200. The van der Waals surface area contributed by atoms with Crippen LogP contribution in [0.15, 0.2) is 42.5 Å². The quantitative estimate of drug-likeness (QED) is 0.135. The van der Waals surface area contributed by atoms with Gasteiger partial charge in [0.05, 0.1) is 0 Å². The van der Waals surface area contributed by atoms with Crippen molar-refractivity contribution in [2.75, 3.05) is 0 Å². The Morgan fingerprint density at radius 2 is 1.14 bits per heavy atom. The van der Waals surface area contributed by atoms with E-state index in [-0.39, 0.29) is 11.8 Å². The molecule has 1 fully saturated rings. The number of hydrogen-bond acceptors (Lipinski definition) is 0. The Hall–Kier alpha value is -4.30. The van der Waals surface area contributed by atoms with E-state index in [0.717, 1.165) is 21.6 Å². The van der Waals surface area contributed by atoms with Gasteiger partial charge < -0.3 is 0 Å². The van der Waals surface area contributed by atoms with Crippen LogP contribution in [0.4, 0.5) is 8.78 Å². The molecule has 7 aliphatic carbocycles. The van der Waals surface area contributed by atoms with Gasteiger partial charge in [0.1, 0.15) is 0 Å². The van der Waals surface area contributed by atoms with E-state index in [4.69, 9.17) is 0 Å². The summed E-state index contributed by atoms with van der Waals surface area (Å²) in [6, 6.07) is 9.15. The first-order valence-electron chi connectivity index (χ1n) is 15.7. The van der Waals surface area contributed by atoms with E-state index in [9.17, 15) is 0 Å². The number of hydrogen-bond donors (Lipinski definition) is 0. The molecule has 0 saturated heterocycles. The largest absolute Gasteiger partial charge is 0.239 e. The van der Waals surface area contributed by atoms with E-state index in [1.54, 1.807) is 11.1 Å². The second kappa shape index (κ2) is 4.71. The Morgan fingerprint density at radius 3 is 2.02 bits per heavy atom. The summed E-state index contributed by atoms with van der Waals surface area (Å²) < 4.78 is 33.5. The van der Waals surface area contributed by atoms with Gasteiger partial charge in [-0.1, -0.05) is 48.6 Å². The minimum atomic E-state index is -1.61. The van der Waals surface area contributed by atoms with Crippen LogP contribution in [-0.2, 0) is 0 Å². The molecule has 9 aromatic carbocycles. The molecule has 8 unspecified atom stereocenters. The number of halogens is 2. The van der Waals surface area contributed by atoms with Crippen molar-refractivity contribution in [3.63, 3.8) is 0 Å². The van der Waals surface area contributed by atoms with E-state index >= 15 is 8.78 Å². The standard InChI is InChI=1S/C40H16F2/c41-39-25-15-7-5-13-11-3-1-9-10-2-4-12-14-6-8-16-24-22(14)29-20(12)18(10)27-17(9)19(11)28-21(13)23(15)30-32(25)33(26(16)40(39)42)31(24)38-36(29)34(27)35(28)37(30)38/h1-8,11,13,15,19,21,23,39-40H. The third-order valence-corrected chi connectivity index (χ3v) is 14.3. The molecule has 0 nitrogen and oxygen atoms in total. The fourth-order valence-corrected chi connectivity index (χ4v) is 13.6. The van der Waals surface area contributed by atoms with Crippen LogP contribution in [0.25, 0.3) is 103 Å². The van der Waals surface area contributed by atoms with Gasteiger partial charge in [-0.2, -0.15) is 0 Å². The molecule has 0 heterocycles. The van der Waals surface area contributed by atoms with Crippen molar-refractivity contribution in [3.05, 3.63) is 75.2 Å². The number of fused-ring (bicyclic) bond motifs is 5. The van der Waals surface area contributed by atoms with Crippen LogP contribution in [0, 0.1) is 23.7 Å². The molecule has 0 aliphatic heterocycles. The maximum Gasteiger partial charge on any atom is 0.161 e. The summed E-state index contributed by atoms with van der Waals surface area (Å²) in [4.78, 5) is 0. The number of alkyl halides is 2. The molecule has 42 heavy (non-hydrogen) atoms. The van der Waals surface area contributed by atoms with E-state index in [1.165, 1.54) is 91.8 Å². The van der Waals surface area contributed by atoms with Crippen molar-refractivity contribution in [1.29, 1.82) is 0 Å². The van der Waals surface area contributed by atoms with Crippen molar-refractivity contribution >= 4 is 103 Å². The normalized spacial score (nSPS) is 34.1. The molecule has 9 aromatic rings. The first-order valence-corrected chi connectivity index (χ1v) is 15.7. The molecule has 190 valence electrons. The Bertz CT molecular complexity index is 3130. The maximum atomic E-state index is 16.7. The van der Waals surface area contributed by atoms with Gasteiger partial charge >= 0.3 is 0 Å². The topological polar surface area (TPSA) is 0 Å². The van der Waals surface area contributed by atoms with Crippen LogP contribution in [-0.4, -0.2) is 6.17 Å². The predicted octanol–water partition coefficient (Wildman–Crippen LogP) is 8.49. The molecule has 8 atom stereocenters. The highest BCUT2D eigenvalue weighted by Gasteiger charge is 2.61. The Labute approximate surface area is 234 Å². The van der Waals surface area contributed by atoms with Crippen molar-refractivity contribution < 1.29 is 8.78 Å². The van der Waals surface area contributed by atoms with Gasteiger partial charge in [-0.15, -0.1) is 0 Å². The molecule has 0 spiro atoms. The minimum Gasteiger partial charge on any atom is -0.239 e. The zero-order valence-electron chi connectivity index (χ0n) is 22.0. The van der Waals surface area contributed by atoms with Crippen LogP contribution in [0.5, 0.6) is 0 Å². The summed E-state index contributed by atoms with van der Waals surface area (Å²) in [7, 11) is 0. The molecule has 2 heteroatoms. The van der Waals surface area contributed by atoms with Crippen molar-refractivity contribution in [3.8, 4) is 0 Å². The molecule has 0 aromatic heterocycles. The van der Waals surface area contributed by atoms with E-state index in [0.29, 0.717) is 29.2 Å². The maximum absolute atomic E-state index is 16.7. The number of allylic oxidation sites excluding steroid dienone is 3. The third kappa shape index (κ3) is 1.22. The molecule has 0 radical (unpaired) electrons. The second-order valence-electron chi connectivity index (χ2n) is 14.9. The molecular formula is C40H16F2. The summed E-state index contributed by atoms with van der Waals surface area (Å²) in [6.07, 6.45) is 6.58. The van der Waals surface area contributed by atoms with Gasteiger partial charge in [0.25, 0.3) is 0 Å². The smallest absolute Gasteiger partial charge is 0.161 e. The van der Waals surface area contributed by atoms with E-state index in [1.807, 2.05) is 0 Å². The Morgan fingerprint density at radius 1 is 0.452 bits per heavy atom. The monoisotopic (exact) mass is 534 g/mol. The van der Waals surface area contributed by atoms with Gasteiger partial charge in [-0.05, 0) is 142 Å². The molecule has 16 rings (SSSR count). The van der Waals surface area contributed by atoms with Crippen LogP contribution in [0.2, 0.25) is 0 Å². The SMILES string of the molecule is FC1C2=c3c4c5c6c7c8c9c(c%10ccc%11c%12ccc%13c(c3c3c%13c%12c(c%11c%108)c7c53)C1F)C=CC1C9C=6C3C1C=CC2C43. The lowest BCUT2D eigenvalue weighted by molar-refractivity contribution is 0.207. The third-order valence-electron chi connectivity index (χ3n) is 14.3. The van der Waals surface area contributed by atoms with Gasteiger partial charge in [0.2, 0.25) is 0 Å². The van der Waals surface area contributed by atoms with Gasteiger partial charge in [0.15, 0.2) is 12.3 Å². The summed E-state index contributed by atoms with van der Waals surface area (Å²) in [5.74, 6) is 1.83. The number of benzene rings is 5. The van der Waals surface area contributed by atoms with Crippen LogP contribution in [0.1, 0.15) is 40.3 Å². The fourth-order valence-electron chi connectivity index (χ4n) is 13.6. The van der Waals surface area contributed by atoms with Crippen molar-refractivity contribution in [2.24, 2.45) is 23.7 Å². The van der Waals surface area contributed by atoms with Crippen LogP contribution >= 0.6 is 0 Å². The molecule has 0 amide bonds. The molecule has 1 saturated carbocycles. The summed E-state index contributed by atoms with van der Waals surface area (Å²) in [5, 5.41) is 24.1. The minimum absolute atomic E-state index is 0.0335. The Kier molecular flexibility index (Phi) is 2.05. The van der Waals surface area contributed by atoms with Gasteiger partial charge in [-0.25, -0.2) is 8.78 Å². The van der Waals surface area contributed by atoms with E-state index in [2.05, 4.69) is 48.6 Å². The summed E-state index contributed by atoms with van der Waals surface area (Å²) in [6.45, 7) is 0. The molecule has 0 N–H and O–H groups in total. The highest BCUT2D eigenvalue weighted by Crippen LogP contribution is 2.72. The van der Waals surface area contributed by atoms with Gasteiger partial charge in [-0.3, -0.25) is 0 Å². The lowest BCUT2D eigenvalue weighted by Gasteiger charge is -2.38. The van der Waals surface area contributed by atoms with Crippen molar-refractivity contribution in [1.82, 2.24) is 0 Å². The summed E-state index contributed by atoms with van der Waals surface area (Å²) in [5.41, 5.74) is 7.52. The zero-order valence-corrected chi connectivity index (χ0v) is 22.0. The summed E-state index contributed by atoms with van der Waals surface area (Å²) >= 11 is 0. The Balaban J connectivity index is 1.45. The highest BCUT2D eigenvalue weighted by molar-refractivity contribution is 6.57.